The molecule has 0 radical (unpaired) electrons. The fourth-order valence-corrected chi connectivity index (χ4v) is 1.71. The first-order valence-corrected chi connectivity index (χ1v) is 5.69. The molecular weight excluding hydrogens is 254 g/mol. The minimum atomic E-state index is -0.0377. The van der Waals surface area contributed by atoms with Crippen LogP contribution in [0.4, 0.5) is 5.82 Å². The third kappa shape index (κ3) is 3.30. The Labute approximate surface area is 113 Å². The number of halogens is 1. The van der Waals surface area contributed by atoms with Crippen molar-refractivity contribution in [2.75, 3.05) is 45.2 Å². The average molecular weight is 272 g/mol. The molecule has 0 unspecified atom stereocenters. The van der Waals surface area contributed by atoms with E-state index >= 15 is 0 Å². The summed E-state index contributed by atoms with van der Waals surface area (Å²) in [4.78, 5) is 15.7. The highest BCUT2D eigenvalue weighted by Gasteiger charge is 2.19. The van der Waals surface area contributed by atoms with Crippen molar-refractivity contribution in [2.45, 2.75) is 0 Å². The van der Waals surface area contributed by atoms with Crippen molar-refractivity contribution >= 4 is 24.1 Å². The number of nitrogens with one attached hydrogen (secondary N) is 1. The second kappa shape index (κ2) is 6.51. The van der Waals surface area contributed by atoms with Crippen LogP contribution in [0.5, 0.6) is 0 Å². The van der Waals surface area contributed by atoms with E-state index in [-0.39, 0.29) is 18.3 Å². The molecule has 1 aromatic rings. The second-order valence-electron chi connectivity index (χ2n) is 4.21. The lowest BCUT2D eigenvalue weighted by atomic mass is 10.3. The van der Waals surface area contributed by atoms with Gasteiger partial charge < -0.3 is 15.1 Å². The predicted octanol–water partition coefficient (Wildman–Crippen LogP) is 0.00980. The van der Waals surface area contributed by atoms with Crippen LogP contribution in [0.3, 0.4) is 0 Å². The molecule has 0 atom stereocenters. The zero-order valence-corrected chi connectivity index (χ0v) is 11.4. The number of carbonyl (C=O) groups is 1. The molecule has 2 rings (SSSR count). The molecule has 1 saturated heterocycles. The maximum atomic E-state index is 12.1. The van der Waals surface area contributed by atoms with Gasteiger partial charge in [-0.25, -0.2) is 0 Å². The molecule has 1 N–H and O–H groups in total. The number of rotatable bonds is 2. The summed E-state index contributed by atoms with van der Waals surface area (Å²) in [5.41, 5.74) is 0.414. The van der Waals surface area contributed by atoms with Crippen molar-refractivity contribution in [1.82, 2.24) is 20.4 Å². The number of amides is 1. The van der Waals surface area contributed by atoms with Crippen molar-refractivity contribution in [3.8, 4) is 0 Å². The summed E-state index contributed by atoms with van der Waals surface area (Å²) in [7, 11) is 3.78. The molecule has 1 aliphatic rings. The third-order valence-corrected chi connectivity index (χ3v) is 2.73. The van der Waals surface area contributed by atoms with Crippen LogP contribution in [0, 0.1) is 0 Å². The topological polar surface area (TPSA) is 61.4 Å². The van der Waals surface area contributed by atoms with Crippen LogP contribution in [-0.4, -0.2) is 61.3 Å². The van der Waals surface area contributed by atoms with Crippen molar-refractivity contribution < 1.29 is 4.79 Å². The van der Waals surface area contributed by atoms with Gasteiger partial charge in [0.2, 0.25) is 0 Å². The number of piperazine rings is 1. The Morgan fingerprint density at radius 2 is 1.94 bits per heavy atom. The largest absolute Gasteiger partial charge is 0.361 e. The van der Waals surface area contributed by atoms with Gasteiger partial charge in [0.1, 0.15) is 0 Å². The maximum Gasteiger partial charge on any atom is 0.274 e. The maximum absolute atomic E-state index is 12.1. The van der Waals surface area contributed by atoms with Gasteiger partial charge in [-0.05, 0) is 12.1 Å². The number of anilines is 1. The number of aromatic nitrogens is 2. The summed E-state index contributed by atoms with van der Waals surface area (Å²) in [6, 6.07) is 3.54. The van der Waals surface area contributed by atoms with E-state index in [1.807, 2.05) is 25.1 Å². The molecule has 0 saturated carbocycles. The SMILES string of the molecule is CN(C)c1ccc(C(=O)N2CCNCC2)nn1.Cl. The fourth-order valence-electron chi connectivity index (χ4n) is 1.71. The first-order valence-electron chi connectivity index (χ1n) is 5.69. The Morgan fingerprint density at radius 1 is 1.28 bits per heavy atom. The van der Waals surface area contributed by atoms with E-state index in [4.69, 9.17) is 0 Å². The molecule has 1 aromatic heterocycles. The van der Waals surface area contributed by atoms with Crippen molar-refractivity contribution in [3.63, 3.8) is 0 Å². The fraction of sp³-hybridized carbons (Fsp3) is 0.545. The van der Waals surface area contributed by atoms with E-state index in [9.17, 15) is 4.79 Å². The van der Waals surface area contributed by atoms with Gasteiger partial charge in [-0.1, -0.05) is 0 Å². The molecule has 1 aliphatic heterocycles. The number of carbonyl (C=O) groups excluding carboxylic acids is 1. The minimum absolute atomic E-state index is 0. The standard InChI is InChI=1S/C11H17N5O.ClH/c1-15(2)10-4-3-9(13-14-10)11(17)16-7-5-12-6-8-16;/h3-4,12H,5-8H2,1-2H3;1H. The lowest BCUT2D eigenvalue weighted by Gasteiger charge is -2.26. The van der Waals surface area contributed by atoms with Gasteiger partial charge in [-0.2, -0.15) is 0 Å². The van der Waals surface area contributed by atoms with Crippen LogP contribution < -0.4 is 10.2 Å². The van der Waals surface area contributed by atoms with Crippen molar-refractivity contribution in [2.24, 2.45) is 0 Å². The van der Waals surface area contributed by atoms with Crippen LogP contribution in [0.25, 0.3) is 0 Å². The molecule has 2 heterocycles. The number of nitrogens with zero attached hydrogens (tertiary/aromatic N) is 4. The van der Waals surface area contributed by atoms with E-state index in [0.717, 1.165) is 32.0 Å². The molecular formula is C11H18ClN5O. The van der Waals surface area contributed by atoms with Gasteiger partial charge in [0, 0.05) is 40.3 Å². The molecule has 1 amide bonds. The molecule has 0 spiro atoms. The van der Waals surface area contributed by atoms with Gasteiger partial charge in [-0.15, -0.1) is 22.6 Å². The lowest BCUT2D eigenvalue weighted by Crippen LogP contribution is -2.46. The Bertz CT molecular complexity index is 389. The van der Waals surface area contributed by atoms with Gasteiger partial charge >= 0.3 is 0 Å². The summed E-state index contributed by atoms with van der Waals surface area (Å²) < 4.78 is 0. The molecule has 1 fully saturated rings. The van der Waals surface area contributed by atoms with Gasteiger partial charge in [0.05, 0.1) is 0 Å². The number of hydrogen-bond donors (Lipinski definition) is 1. The normalized spacial score (nSPS) is 14.9. The lowest BCUT2D eigenvalue weighted by molar-refractivity contribution is 0.0728. The predicted molar refractivity (Wildman–Crippen MR) is 72.4 cm³/mol. The highest BCUT2D eigenvalue weighted by Crippen LogP contribution is 2.07. The Balaban J connectivity index is 0.00000162. The van der Waals surface area contributed by atoms with Crippen LogP contribution in [0.15, 0.2) is 12.1 Å². The Hall–Kier alpha value is -1.40. The molecule has 0 aromatic carbocycles. The average Bonchev–Trinajstić information content (AvgIpc) is 2.39. The highest BCUT2D eigenvalue weighted by molar-refractivity contribution is 5.92. The highest BCUT2D eigenvalue weighted by atomic mass is 35.5. The molecule has 7 heteroatoms. The summed E-state index contributed by atoms with van der Waals surface area (Å²) in [5.74, 6) is 0.714. The molecule has 18 heavy (non-hydrogen) atoms. The van der Waals surface area contributed by atoms with Crippen LogP contribution in [0.1, 0.15) is 10.5 Å². The third-order valence-electron chi connectivity index (χ3n) is 2.73. The Kier molecular flexibility index (Phi) is 5.30. The molecule has 0 aliphatic carbocycles. The van der Waals surface area contributed by atoms with E-state index in [0.29, 0.717) is 5.69 Å². The first-order chi connectivity index (χ1) is 8.18. The summed E-state index contributed by atoms with van der Waals surface area (Å²) in [6.07, 6.45) is 0. The van der Waals surface area contributed by atoms with E-state index in [1.54, 1.807) is 11.0 Å². The van der Waals surface area contributed by atoms with E-state index in [1.165, 1.54) is 0 Å². The summed E-state index contributed by atoms with van der Waals surface area (Å²) in [6.45, 7) is 3.15. The summed E-state index contributed by atoms with van der Waals surface area (Å²) >= 11 is 0. The van der Waals surface area contributed by atoms with E-state index in [2.05, 4.69) is 15.5 Å². The van der Waals surface area contributed by atoms with Gasteiger partial charge in [0.15, 0.2) is 11.5 Å². The van der Waals surface area contributed by atoms with Crippen molar-refractivity contribution in [3.05, 3.63) is 17.8 Å². The smallest absolute Gasteiger partial charge is 0.274 e. The quantitative estimate of drug-likeness (QED) is 0.821. The van der Waals surface area contributed by atoms with Crippen molar-refractivity contribution in [1.29, 1.82) is 0 Å². The zero-order valence-electron chi connectivity index (χ0n) is 10.6. The van der Waals surface area contributed by atoms with Crippen LogP contribution >= 0.6 is 12.4 Å². The first kappa shape index (κ1) is 14.7. The molecule has 100 valence electrons. The van der Waals surface area contributed by atoms with Crippen LogP contribution in [-0.2, 0) is 0 Å². The zero-order chi connectivity index (χ0) is 12.3. The number of hydrogen-bond acceptors (Lipinski definition) is 5. The minimum Gasteiger partial charge on any atom is -0.361 e. The van der Waals surface area contributed by atoms with Gasteiger partial charge in [-0.3, -0.25) is 4.79 Å². The van der Waals surface area contributed by atoms with Gasteiger partial charge in [0.25, 0.3) is 5.91 Å². The monoisotopic (exact) mass is 271 g/mol. The summed E-state index contributed by atoms with van der Waals surface area (Å²) in [5, 5.41) is 11.2. The molecule has 6 nitrogen and oxygen atoms in total. The second-order valence-corrected chi connectivity index (χ2v) is 4.21. The molecule has 0 bridgehead atoms. The van der Waals surface area contributed by atoms with E-state index < -0.39 is 0 Å². The Morgan fingerprint density at radius 3 is 2.44 bits per heavy atom. The van der Waals surface area contributed by atoms with Crippen LogP contribution in [0.2, 0.25) is 0 Å².